The summed E-state index contributed by atoms with van der Waals surface area (Å²) in [6, 6.07) is 12.3. The first-order valence-electron chi connectivity index (χ1n) is 5.46. The third-order valence-electron chi connectivity index (χ3n) is 2.76. The smallest absolute Gasteiger partial charge is 0.146 e. The lowest BCUT2D eigenvalue weighted by atomic mass is 10.1. The van der Waals surface area contributed by atoms with Crippen LogP contribution in [0.5, 0.6) is 0 Å². The average molecular weight is 329 g/mol. The summed E-state index contributed by atoms with van der Waals surface area (Å²) >= 11 is 9.39. The summed E-state index contributed by atoms with van der Waals surface area (Å²) in [5, 5.41) is 1.34. The molecule has 0 radical (unpaired) electrons. The van der Waals surface area contributed by atoms with Crippen LogP contribution in [-0.4, -0.2) is 7.05 Å². The first kappa shape index (κ1) is 13.4. The highest BCUT2D eigenvalue weighted by Crippen LogP contribution is 2.31. The summed E-state index contributed by atoms with van der Waals surface area (Å²) in [5.41, 5.74) is 2.50. The predicted molar refractivity (Wildman–Crippen MR) is 78.5 cm³/mol. The Labute approximate surface area is 119 Å². The summed E-state index contributed by atoms with van der Waals surface area (Å²) in [7, 11) is 1.84. The maximum absolute atomic E-state index is 13.8. The molecule has 18 heavy (non-hydrogen) atoms. The fraction of sp³-hybridized carbons (Fsp3) is 0.143. The number of para-hydroxylation sites is 1. The van der Waals surface area contributed by atoms with Gasteiger partial charge in [-0.1, -0.05) is 39.7 Å². The number of anilines is 2. The third-order valence-corrected chi connectivity index (χ3v) is 3.60. The first-order valence-corrected chi connectivity index (χ1v) is 6.96. The average Bonchev–Trinajstić information content (AvgIpc) is 2.38. The van der Waals surface area contributed by atoms with Gasteiger partial charge in [0, 0.05) is 23.1 Å². The SMILES string of the molecule is CN(c1ccccc1F)c1ccc(Cl)cc1CBr. The molecule has 94 valence electrons. The van der Waals surface area contributed by atoms with Gasteiger partial charge in [0.15, 0.2) is 0 Å². The molecule has 0 bridgehead atoms. The van der Waals surface area contributed by atoms with Crippen LogP contribution in [0.25, 0.3) is 0 Å². The van der Waals surface area contributed by atoms with Crippen molar-refractivity contribution in [2.45, 2.75) is 5.33 Å². The van der Waals surface area contributed by atoms with E-state index in [2.05, 4.69) is 15.9 Å². The minimum absolute atomic E-state index is 0.240. The minimum Gasteiger partial charge on any atom is -0.342 e. The van der Waals surface area contributed by atoms with Gasteiger partial charge in [0.1, 0.15) is 5.82 Å². The van der Waals surface area contributed by atoms with Gasteiger partial charge in [0.2, 0.25) is 0 Å². The maximum atomic E-state index is 13.8. The summed E-state index contributed by atoms with van der Waals surface area (Å²) in [6.45, 7) is 0. The number of halogens is 3. The van der Waals surface area contributed by atoms with E-state index in [1.807, 2.05) is 30.1 Å². The molecule has 2 aromatic rings. The molecule has 0 aliphatic heterocycles. The van der Waals surface area contributed by atoms with Crippen molar-refractivity contribution in [1.82, 2.24) is 0 Å². The molecular weight excluding hydrogens is 317 g/mol. The zero-order valence-corrected chi connectivity index (χ0v) is 12.2. The lowest BCUT2D eigenvalue weighted by Crippen LogP contribution is -2.12. The van der Waals surface area contributed by atoms with Crippen LogP contribution in [0.15, 0.2) is 42.5 Å². The molecule has 0 heterocycles. The Morgan fingerprint density at radius 1 is 1.17 bits per heavy atom. The number of nitrogens with zero attached hydrogens (tertiary/aromatic N) is 1. The quantitative estimate of drug-likeness (QED) is 0.705. The molecule has 0 amide bonds. The van der Waals surface area contributed by atoms with Crippen molar-refractivity contribution in [1.29, 1.82) is 0 Å². The molecule has 0 fully saturated rings. The second-order valence-corrected chi connectivity index (χ2v) is 4.91. The molecule has 0 spiro atoms. The van der Waals surface area contributed by atoms with E-state index in [0.717, 1.165) is 11.3 Å². The van der Waals surface area contributed by atoms with E-state index in [1.54, 1.807) is 18.2 Å². The Morgan fingerprint density at radius 3 is 2.56 bits per heavy atom. The normalized spacial score (nSPS) is 10.4. The van der Waals surface area contributed by atoms with Crippen LogP contribution in [-0.2, 0) is 5.33 Å². The lowest BCUT2D eigenvalue weighted by molar-refractivity contribution is 0.627. The minimum atomic E-state index is -0.240. The number of hydrogen-bond donors (Lipinski definition) is 0. The lowest BCUT2D eigenvalue weighted by Gasteiger charge is -2.22. The molecule has 2 rings (SSSR count). The molecular formula is C14H12BrClFN. The van der Waals surface area contributed by atoms with Crippen molar-refractivity contribution in [3.63, 3.8) is 0 Å². The zero-order chi connectivity index (χ0) is 13.1. The van der Waals surface area contributed by atoms with Crippen molar-refractivity contribution in [2.24, 2.45) is 0 Å². The van der Waals surface area contributed by atoms with Gasteiger partial charge in [-0.05, 0) is 35.9 Å². The molecule has 0 aromatic heterocycles. The molecule has 1 nitrogen and oxygen atoms in total. The summed E-state index contributed by atoms with van der Waals surface area (Å²) < 4.78 is 13.8. The number of hydrogen-bond acceptors (Lipinski definition) is 1. The molecule has 0 saturated carbocycles. The monoisotopic (exact) mass is 327 g/mol. The van der Waals surface area contributed by atoms with E-state index >= 15 is 0 Å². The summed E-state index contributed by atoms with van der Waals surface area (Å²) in [5.74, 6) is -0.240. The van der Waals surface area contributed by atoms with Crippen LogP contribution in [0.4, 0.5) is 15.8 Å². The van der Waals surface area contributed by atoms with Gasteiger partial charge >= 0.3 is 0 Å². The van der Waals surface area contributed by atoms with Gasteiger partial charge < -0.3 is 4.90 Å². The van der Waals surface area contributed by atoms with Gasteiger partial charge in [-0.2, -0.15) is 0 Å². The molecule has 0 saturated heterocycles. The second kappa shape index (κ2) is 5.72. The number of alkyl halides is 1. The molecule has 0 aliphatic carbocycles. The van der Waals surface area contributed by atoms with Crippen molar-refractivity contribution < 1.29 is 4.39 Å². The van der Waals surface area contributed by atoms with Gasteiger partial charge in [0.05, 0.1) is 5.69 Å². The van der Waals surface area contributed by atoms with Crippen LogP contribution in [0, 0.1) is 5.82 Å². The molecule has 2 aromatic carbocycles. The van der Waals surface area contributed by atoms with E-state index < -0.39 is 0 Å². The van der Waals surface area contributed by atoms with Crippen molar-refractivity contribution >= 4 is 38.9 Å². The van der Waals surface area contributed by atoms with Gasteiger partial charge in [-0.15, -0.1) is 0 Å². The van der Waals surface area contributed by atoms with Crippen LogP contribution >= 0.6 is 27.5 Å². The molecule has 0 unspecified atom stereocenters. The van der Waals surface area contributed by atoms with Gasteiger partial charge in [0.25, 0.3) is 0 Å². The predicted octanol–water partition coefficient (Wildman–Crippen LogP) is 5.14. The highest BCUT2D eigenvalue weighted by atomic mass is 79.9. The fourth-order valence-corrected chi connectivity index (χ4v) is 2.49. The van der Waals surface area contributed by atoms with Gasteiger partial charge in [-0.3, -0.25) is 0 Å². The molecule has 4 heteroatoms. The van der Waals surface area contributed by atoms with Crippen LogP contribution in [0.2, 0.25) is 5.02 Å². The van der Waals surface area contributed by atoms with Crippen molar-refractivity contribution in [3.05, 3.63) is 58.9 Å². The number of benzene rings is 2. The highest BCUT2D eigenvalue weighted by Gasteiger charge is 2.12. The Bertz CT molecular complexity index is 559. The molecule has 0 atom stereocenters. The first-order chi connectivity index (χ1) is 8.63. The maximum Gasteiger partial charge on any atom is 0.146 e. The third kappa shape index (κ3) is 2.68. The Hall–Kier alpha value is -1.06. The van der Waals surface area contributed by atoms with Crippen LogP contribution in [0.3, 0.4) is 0 Å². The standard InChI is InChI=1S/C14H12BrClFN/c1-18(14-5-3-2-4-12(14)17)13-7-6-11(16)8-10(13)9-15/h2-8H,9H2,1H3. The van der Waals surface area contributed by atoms with Crippen LogP contribution in [0.1, 0.15) is 5.56 Å². The van der Waals surface area contributed by atoms with E-state index in [9.17, 15) is 4.39 Å². The zero-order valence-electron chi connectivity index (χ0n) is 9.83. The molecule has 0 aliphatic rings. The summed E-state index contributed by atoms with van der Waals surface area (Å²) in [4.78, 5) is 1.82. The second-order valence-electron chi connectivity index (χ2n) is 3.92. The van der Waals surface area contributed by atoms with Gasteiger partial charge in [-0.25, -0.2) is 4.39 Å². The highest BCUT2D eigenvalue weighted by molar-refractivity contribution is 9.08. The summed E-state index contributed by atoms with van der Waals surface area (Å²) in [6.07, 6.45) is 0. The number of rotatable bonds is 3. The molecule has 0 N–H and O–H groups in total. The Balaban J connectivity index is 2.46. The Kier molecular flexibility index (Phi) is 4.25. The van der Waals surface area contributed by atoms with Crippen molar-refractivity contribution in [3.8, 4) is 0 Å². The van der Waals surface area contributed by atoms with E-state index in [4.69, 9.17) is 11.6 Å². The topological polar surface area (TPSA) is 3.24 Å². The van der Waals surface area contributed by atoms with Crippen LogP contribution < -0.4 is 4.90 Å². The van der Waals surface area contributed by atoms with E-state index in [0.29, 0.717) is 16.0 Å². The van der Waals surface area contributed by atoms with E-state index in [1.165, 1.54) is 6.07 Å². The van der Waals surface area contributed by atoms with E-state index in [-0.39, 0.29) is 5.82 Å². The fourth-order valence-electron chi connectivity index (χ4n) is 1.84. The largest absolute Gasteiger partial charge is 0.342 e. The Morgan fingerprint density at radius 2 is 1.89 bits per heavy atom. The van der Waals surface area contributed by atoms with Crippen molar-refractivity contribution in [2.75, 3.05) is 11.9 Å².